The van der Waals surface area contributed by atoms with Gasteiger partial charge in [-0.2, -0.15) is 0 Å². The summed E-state index contributed by atoms with van der Waals surface area (Å²) in [4.78, 5) is 1.78. The van der Waals surface area contributed by atoms with Crippen molar-refractivity contribution in [3.63, 3.8) is 0 Å². The summed E-state index contributed by atoms with van der Waals surface area (Å²) in [5.41, 5.74) is 1.50. The molecule has 0 aromatic heterocycles. The molecule has 1 aliphatic heterocycles. The summed E-state index contributed by atoms with van der Waals surface area (Å²) in [6, 6.07) is 12.8. The van der Waals surface area contributed by atoms with Crippen LogP contribution in [0, 0.1) is 5.92 Å². The Hall–Kier alpha value is -0.860. The Kier molecular flexibility index (Phi) is 5.32. The first-order valence-electron chi connectivity index (χ1n) is 9.04. The molecule has 0 amide bonds. The second kappa shape index (κ2) is 7.42. The summed E-state index contributed by atoms with van der Waals surface area (Å²) in [5, 5.41) is 2.75. The van der Waals surface area contributed by atoms with Crippen molar-refractivity contribution in [3.05, 3.63) is 35.9 Å². The van der Waals surface area contributed by atoms with E-state index in [1.165, 1.54) is 63.7 Å². The van der Waals surface area contributed by atoms with E-state index in [1.807, 2.05) is 0 Å². The summed E-state index contributed by atoms with van der Waals surface area (Å²) in [6.45, 7) is 6.40. The quantitative estimate of drug-likeness (QED) is 0.835. The van der Waals surface area contributed by atoms with E-state index in [9.17, 15) is 0 Å². The van der Waals surface area contributed by atoms with Crippen molar-refractivity contribution in [3.8, 4) is 0 Å². The average Bonchev–Trinajstić information content (AvgIpc) is 2.52. The highest BCUT2D eigenvalue weighted by Crippen LogP contribution is 2.21. The van der Waals surface area contributed by atoms with Crippen molar-refractivity contribution in [2.45, 2.75) is 64.1 Å². The average molecular weight is 288 g/mol. The van der Waals surface area contributed by atoms with Gasteiger partial charge in [0, 0.05) is 24.3 Å². The number of likely N-dealkylation sites (tertiary alicyclic amines) is 1. The van der Waals surface area contributed by atoms with Crippen LogP contribution in [0.25, 0.3) is 0 Å². The molecule has 0 unspecified atom stereocenters. The van der Waals surface area contributed by atoms with E-state index in [-0.39, 0.29) is 0 Å². The van der Waals surface area contributed by atoms with Crippen LogP contribution in [-0.4, -0.2) is 25.2 Å². The Balaban J connectivity index is 1.42. The first kappa shape index (κ1) is 15.1. The van der Waals surface area contributed by atoms with E-state index < -0.39 is 0 Å². The van der Waals surface area contributed by atoms with Gasteiger partial charge in [-0.05, 0) is 19.3 Å². The Morgan fingerprint density at radius 2 is 1.71 bits per heavy atom. The third-order valence-corrected chi connectivity index (χ3v) is 5.73. The standard InChI is InChI=1S/C19H30N2/c1-16-7-5-6-10-19(16)20-18-11-13-21(14-12-18)15-17-8-3-2-4-9-17/h2-4,8-9,16,18-20H,5-7,10-15H2,1H3/p+2/t16-,19+/m1/s1. The summed E-state index contributed by atoms with van der Waals surface area (Å²) in [5.74, 6) is 0.938. The van der Waals surface area contributed by atoms with Gasteiger partial charge >= 0.3 is 0 Å². The lowest BCUT2D eigenvalue weighted by Gasteiger charge is -2.33. The molecule has 3 rings (SSSR count). The predicted molar refractivity (Wildman–Crippen MR) is 87.2 cm³/mol. The van der Waals surface area contributed by atoms with Gasteiger partial charge < -0.3 is 10.2 Å². The minimum atomic E-state index is 0.898. The fraction of sp³-hybridized carbons (Fsp3) is 0.684. The zero-order valence-electron chi connectivity index (χ0n) is 13.6. The lowest BCUT2D eigenvalue weighted by Crippen LogP contribution is -3.14. The summed E-state index contributed by atoms with van der Waals surface area (Å²) in [6.07, 6.45) is 8.66. The van der Waals surface area contributed by atoms with E-state index in [4.69, 9.17) is 0 Å². The van der Waals surface area contributed by atoms with Crippen molar-refractivity contribution >= 4 is 0 Å². The molecule has 0 spiro atoms. The Labute approximate surface area is 129 Å². The zero-order valence-corrected chi connectivity index (χ0v) is 13.6. The second-order valence-corrected chi connectivity index (χ2v) is 7.37. The minimum Gasteiger partial charge on any atom is -0.341 e. The number of rotatable bonds is 4. The monoisotopic (exact) mass is 288 g/mol. The molecule has 21 heavy (non-hydrogen) atoms. The molecule has 3 N–H and O–H groups in total. The van der Waals surface area contributed by atoms with Crippen LogP contribution in [0.1, 0.15) is 51.0 Å². The van der Waals surface area contributed by atoms with Gasteiger partial charge in [0.2, 0.25) is 0 Å². The first-order valence-corrected chi connectivity index (χ1v) is 9.04. The first-order chi connectivity index (χ1) is 10.3. The topological polar surface area (TPSA) is 21.1 Å². The molecule has 1 aliphatic carbocycles. The van der Waals surface area contributed by atoms with Gasteiger partial charge in [0.05, 0.1) is 25.2 Å². The van der Waals surface area contributed by atoms with E-state index >= 15 is 0 Å². The molecule has 2 aliphatic rings. The molecule has 116 valence electrons. The van der Waals surface area contributed by atoms with Crippen molar-refractivity contribution in [1.82, 2.24) is 0 Å². The Morgan fingerprint density at radius 1 is 1.00 bits per heavy atom. The number of hydrogen-bond acceptors (Lipinski definition) is 0. The fourth-order valence-corrected chi connectivity index (χ4v) is 4.28. The predicted octanol–water partition coefficient (Wildman–Crippen LogP) is 1.38. The highest BCUT2D eigenvalue weighted by atomic mass is 15.1. The second-order valence-electron chi connectivity index (χ2n) is 7.37. The third-order valence-electron chi connectivity index (χ3n) is 5.73. The van der Waals surface area contributed by atoms with E-state index in [2.05, 4.69) is 42.6 Å². The summed E-state index contributed by atoms with van der Waals surface area (Å²) in [7, 11) is 0. The molecule has 2 atom stereocenters. The van der Waals surface area contributed by atoms with Crippen LogP contribution in [0.5, 0.6) is 0 Å². The minimum absolute atomic E-state index is 0.898. The van der Waals surface area contributed by atoms with Gasteiger partial charge in [0.25, 0.3) is 0 Å². The van der Waals surface area contributed by atoms with E-state index in [1.54, 1.807) is 4.90 Å². The largest absolute Gasteiger partial charge is 0.341 e. The molecular weight excluding hydrogens is 256 g/mol. The van der Waals surface area contributed by atoms with Crippen LogP contribution in [0.3, 0.4) is 0 Å². The van der Waals surface area contributed by atoms with Gasteiger partial charge in [-0.1, -0.05) is 43.7 Å². The van der Waals surface area contributed by atoms with Crippen molar-refractivity contribution < 1.29 is 10.2 Å². The molecule has 1 saturated carbocycles. The molecule has 1 saturated heterocycles. The van der Waals surface area contributed by atoms with Crippen LogP contribution in [0.2, 0.25) is 0 Å². The number of benzene rings is 1. The Morgan fingerprint density at radius 3 is 2.43 bits per heavy atom. The van der Waals surface area contributed by atoms with Crippen LogP contribution < -0.4 is 10.2 Å². The SMILES string of the molecule is C[C@@H]1CCCC[C@@H]1[NH2+]C1CC[NH+](Cc2ccccc2)CC1. The molecule has 1 aromatic carbocycles. The van der Waals surface area contributed by atoms with Gasteiger partial charge in [-0.3, -0.25) is 0 Å². The summed E-state index contributed by atoms with van der Waals surface area (Å²) < 4.78 is 0. The molecule has 0 bridgehead atoms. The van der Waals surface area contributed by atoms with Crippen molar-refractivity contribution in [2.24, 2.45) is 5.92 Å². The number of piperidine rings is 1. The molecule has 2 nitrogen and oxygen atoms in total. The summed E-state index contributed by atoms with van der Waals surface area (Å²) >= 11 is 0. The lowest BCUT2D eigenvalue weighted by molar-refractivity contribution is -0.927. The maximum absolute atomic E-state index is 2.75. The van der Waals surface area contributed by atoms with Crippen LogP contribution in [-0.2, 0) is 6.54 Å². The normalized spacial score (nSPS) is 33.8. The maximum Gasteiger partial charge on any atom is 0.103 e. The highest BCUT2D eigenvalue weighted by Gasteiger charge is 2.30. The number of hydrogen-bond donors (Lipinski definition) is 2. The van der Waals surface area contributed by atoms with Gasteiger partial charge in [0.1, 0.15) is 6.54 Å². The smallest absolute Gasteiger partial charge is 0.103 e. The van der Waals surface area contributed by atoms with E-state index in [0.717, 1.165) is 18.0 Å². The van der Waals surface area contributed by atoms with Gasteiger partial charge in [0.15, 0.2) is 0 Å². The molecule has 2 heteroatoms. The van der Waals surface area contributed by atoms with Crippen molar-refractivity contribution in [1.29, 1.82) is 0 Å². The van der Waals surface area contributed by atoms with Gasteiger partial charge in [-0.25, -0.2) is 0 Å². The maximum atomic E-state index is 2.75. The van der Waals surface area contributed by atoms with Crippen LogP contribution in [0.15, 0.2) is 30.3 Å². The van der Waals surface area contributed by atoms with Crippen molar-refractivity contribution in [2.75, 3.05) is 13.1 Å². The highest BCUT2D eigenvalue weighted by molar-refractivity contribution is 5.13. The molecule has 2 fully saturated rings. The number of quaternary nitrogens is 2. The van der Waals surface area contributed by atoms with E-state index in [0.29, 0.717) is 0 Å². The molecule has 1 heterocycles. The van der Waals surface area contributed by atoms with Crippen LogP contribution >= 0.6 is 0 Å². The fourth-order valence-electron chi connectivity index (χ4n) is 4.28. The molecule has 1 aromatic rings. The Bertz CT molecular complexity index is 409. The van der Waals surface area contributed by atoms with Crippen LogP contribution in [0.4, 0.5) is 0 Å². The number of nitrogens with two attached hydrogens (primary N) is 1. The van der Waals surface area contributed by atoms with Gasteiger partial charge in [-0.15, -0.1) is 0 Å². The number of nitrogens with one attached hydrogen (secondary N) is 1. The molecular formula is C19H32N2+2. The lowest BCUT2D eigenvalue weighted by atomic mass is 9.85. The zero-order chi connectivity index (χ0) is 14.5. The third kappa shape index (κ3) is 4.31. The molecule has 0 radical (unpaired) electrons.